The van der Waals surface area contributed by atoms with Crippen LogP contribution in [0, 0.1) is 0 Å². The largest absolute Gasteiger partial charge is 0.497 e. The Balaban J connectivity index is 3.04. The summed E-state index contributed by atoms with van der Waals surface area (Å²) in [5, 5.41) is 9.55. The molecule has 0 saturated carbocycles. The van der Waals surface area contributed by atoms with Crippen molar-refractivity contribution in [1.29, 1.82) is 0 Å². The number of alkyl halides is 1. The third kappa shape index (κ3) is 2.30. The summed E-state index contributed by atoms with van der Waals surface area (Å²) in [6.45, 7) is 0. The molecule has 0 amide bonds. The predicted octanol–water partition coefficient (Wildman–Crippen LogP) is 1.98. The second-order valence-corrected chi connectivity index (χ2v) is 3.09. The summed E-state index contributed by atoms with van der Waals surface area (Å²) < 4.78 is 10.1. The quantitative estimate of drug-likeness (QED) is 0.783. The number of rotatable bonds is 4. The van der Waals surface area contributed by atoms with E-state index in [2.05, 4.69) is 0 Å². The van der Waals surface area contributed by atoms with Crippen molar-refractivity contribution < 1.29 is 14.6 Å². The molecule has 0 bridgehead atoms. The van der Waals surface area contributed by atoms with Crippen molar-refractivity contribution in [3.8, 4) is 11.5 Å². The number of benzene rings is 1. The summed E-state index contributed by atoms with van der Waals surface area (Å²) in [4.78, 5) is 0. The smallest absolute Gasteiger partial charge is 0.128 e. The highest BCUT2D eigenvalue weighted by atomic mass is 35.5. The van der Waals surface area contributed by atoms with Crippen LogP contribution >= 0.6 is 11.6 Å². The summed E-state index contributed by atoms with van der Waals surface area (Å²) in [6.07, 6.45) is -0.711. The fourth-order valence-electron chi connectivity index (χ4n) is 1.18. The summed E-state index contributed by atoms with van der Waals surface area (Å²) in [5.74, 6) is 1.41. The van der Waals surface area contributed by atoms with Crippen molar-refractivity contribution >= 4 is 11.6 Å². The number of halogens is 1. The molecular weight excluding hydrogens is 204 g/mol. The minimum absolute atomic E-state index is 0.142. The Morgan fingerprint density at radius 3 is 2.57 bits per heavy atom. The van der Waals surface area contributed by atoms with Crippen LogP contribution in [0.25, 0.3) is 0 Å². The monoisotopic (exact) mass is 216 g/mol. The van der Waals surface area contributed by atoms with Gasteiger partial charge in [-0.3, -0.25) is 0 Å². The van der Waals surface area contributed by atoms with Gasteiger partial charge in [-0.25, -0.2) is 0 Å². The summed E-state index contributed by atoms with van der Waals surface area (Å²) in [5.41, 5.74) is 0.670. The lowest BCUT2D eigenvalue weighted by Gasteiger charge is -2.13. The first-order valence-electron chi connectivity index (χ1n) is 4.19. The highest BCUT2D eigenvalue weighted by Crippen LogP contribution is 2.29. The number of hydrogen-bond donors (Lipinski definition) is 1. The molecule has 78 valence electrons. The van der Waals surface area contributed by atoms with Crippen LogP contribution in [-0.2, 0) is 0 Å². The molecule has 0 aliphatic heterocycles. The van der Waals surface area contributed by atoms with Gasteiger partial charge in [0.1, 0.15) is 11.5 Å². The molecule has 1 rings (SSSR count). The van der Waals surface area contributed by atoms with E-state index in [1.54, 1.807) is 32.4 Å². The lowest BCUT2D eigenvalue weighted by Crippen LogP contribution is -2.02. The van der Waals surface area contributed by atoms with Crippen molar-refractivity contribution in [3.63, 3.8) is 0 Å². The molecule has 0 spiro atoms. The second kappa shape index (κ2) is 5.08. The summed E-state index contributed by atoms with van der Waals surface area (Å²) in [7, 11) is 3.12. The van der Waals surface area contributed by atoms with Gasteiger partial charge in [0.05, 0.1) is 26.2 Å². The van der Waals surface area contributed by atoms with E-state index >= 15 is 0 Å². The highest BCUT2D eigenvalue weighted by Gasteiger charge is 2.12. The molecule has 3 nitrogen and oxygen atoms in total. The molecule has 0 aliphatic carbocycles. The number of aliphatic hydroxyl groups excluding tert-OH is 1. The van der Waals surface area contributed by atoms with E-state index in [9.17, 15) is 5.11 Å². The van der Waals surface area contributed by atoms with Crippen molar-refractivity contribution in [2.24, 2.45) is 0 Å². The SMILES string of the molecule is COc1ccc([C@H](O)CCl)c(OC)c1. The van der Waals surface area contributed by atoms with E-state index in [0.29, 0.717) is 17.1 Å². The summed E-state index contributed by atoms with van der Waals surface area (Å²) >= 11 is 5.55. The fourth-order valence-corrected chi connectivity index (χ4v) is 1.34. The standard InChI is InChI=1S/C10H13ClO3/c1-13-7-3-4-8(9(12)6-11)10(5-7)14-2/h3-5,9,12H,6H2,1-2H3/t9-/m1/s1. The molecule has 4 heteroatoms. The Labute approximate surface area is 88.2 Å². The molecular formula is C10H13ClO3. The van der Waals surface area contributed by atoms with Gasteiger partial charge in [-0.05, 0) is 12.1 Å². The molecule has 1 aromatic carbocycles. The molecule has 0 unspecified atom stereocenters. The number of methoxy groups -OCH3 is 2. The minimum Gasteiger partial charge on any atom is -0.497 e. The highest BCUT2D eigenvalue weighted by molar-refractivity contribution is 6.18. The third-order valence-electron chi connectivity index (χ3n) is 1.95. The third-order valence-corrected chi connectivity index (χ3v) is 2.24. The summed E-state index contributed by atoms with van der Waals surface area (Å²) in [6, 6.07) is 5.21. The number of hydrogen-bond acceptors (Lipinski definition) is 3. The zero-order valence-corrected chi connectivity index (χ0v) is 8.91. The van der Waals surface area contributed by atoms with Gasteiger partial charge >= 0.3 is 0 Å². The first-order chi connectivity index (χ1) is 6.72. The zero-order chi connectivity index (χ0) is 10.6. The lowest BCUT2D eigenvalue weighted by molar-refractivity contribution is 0.197. The molecule has 14 heavy (non-hydrogen) atoms. The maximum atomic E-state index is 9.55. The van der Waals surface area contributed by atoms with E-state index in [1.165, 1.54) is 0 Å². The lowest BCUT2D eigenvalue weighted by atomic mass is 10.1. The van der Waals surface area contributed by atoms with Crippen LogP contribution in [0.5, 0.6) is 11.5 Å². The molecule has 0 fully saturated rings. The van der Waals surface area contributed by atoms with Crippen LogP contribution in [0.15, 0.2) is 18.2 Å². The van der Waals surface area contributed by atoms with Crippen LogP contribution in [0.2, 0.25) is 0 Å². The van der Waals surface area contributed by atoms with Gasteiger partial charge in [0, 0.05) is 11.6 Å². The Morgan fingerprint density at radius 1 is 1.36 bits per heavy atom. The van der Waals surface area contributed by atoms with E-state index in [0.717, 1.165) is 0 Å². The Morgan fingerprint density at radius 2 is 2.07 bits per heavy atom. The second-order valence-electron chi connectivity index (χ2n) is 2.78. The van der Waals surface area contributed by atoms with Gasteiger partial charge in [0.15, 0.2) is 0 Å². The Kier molecular flexibility index (Phi) is 4.04. The predicted molar refractivity (Wildman–Crippen MR) is 55.2 cm³/mol. The van der Waals surface area contributed by atoms with Gasteiger partial charge < -0.3 is 14.6 Å². The Hall–Kier alpha value is -0.930. The van der Waals surface area contributed by atoms with Crippen LogP contribution < -0.4 is 9.47 Å². The Bertz CT molecular complexity index is 301. The van der Waals surface area contributed by atoms with Crippen LogP contribution in [-0.4, -0.2) is 25.2 Å². The molecule has 0 aliphatic rings. The van der Waals surface area contributed by atoms with E-state index < -0.39 is 6.10 Å². The maximum Gasteiger partial charge on any atom is 0.128 e. The van der Waals surface area contributed by atoms with Gasteiger partial charge in [0.25, 0.3) is 0 Å². The average molecular weight is 217 g/mol. The van der Waals surface area contributed by atoms with Gasteiger partial charge in [-0.2, -0.15) is 0 Å². The van der Waals surface area contributed by atoms with E-state index in [1.807, 2.05) is 0 Å². The van der Waals surface area contributed by atoms with Gasteiger partial charge in [-0.1, -0.05) is 0 Å². The zero-order valence-electron chi connectivity index (χ0n) is 8.16. The minimum atomic E-state index is -0.711. The van der Waals surface area contributed by atoms with Crippen LogP contribution in [0.1, 0.15) is 11.7 Å². The molecule has 0 aromatic heterocycles. The molecule has 0 radical (unpaired) electrons. The number of ether oxygens (including phenoxy) is 2. The maximum absolute atomic E-state index is 9.55. The molecule has 1 aromatic rings. The number of aliphatic hydroxyl groups is 1. The first kappa shape index (κ1) is 11.1. The fraction of sp³-hybridized carbons (Fsp3) is 0.400. The first-order valence-corrected chi connectivity index (χ1v) is 4.72. The van der Waals surface area contributed by atoms with Crippen molar-refractivity contribution in [2.75, 3.05) is 20.1 Å². The molecule has 1 N–H and O–H groups in total. The van der Waals surface area contributed by atoms with Crippen molar-refractivity contribution in [1.82, 2.24) is 0 Å². The van der Waals surface area contributed by atoms with Crippen molar-refractivity contribution in [2.45, 2.75) is 6.10 Å². The normalized spacial score (nSPS) is 12.3. The molecule has 0 heterocycles. The van der Waals surface area contributed by atoms with Gasteiger partial charge in [0.2, 0.25) is 0 Å². The van der Waals surface area contributed by atoms with E-state index in [-0.39, 0.29) is 5.88 Å². The van der Waals surface area contributed by atoms with Crippen molar-refractivity contribution in [3.05, 3.63) is 23.8 Å². The average Bonchev–Trinajstić information content (AvgIpc) is 2.27. The van der Waals surface area contributed by atoms with E-state index in [4.69, 9.17) is 21.1 Å². The molecule has 0 saturated heterocycles. The van der Waals surface area contributed by atoms with Gasteiger partial charge in [-0.15, -0.1) is 11.6 Å². The topological polar surface area (TPSA) is 38.7 Å². The van der Waals surface area contributed by atoms with Crippen LogP contribution in [0.3, 0.4) is 0 Å². The molecule has 1 atom stereocenters. The van der Waals surface area contributed by atoms with Crippen LogP contribution in [0.4, 0.5) is 0 Å².